The smallest absolute Gasteiger partial charge is 0.244 e. The van der Waals surface area contributed by atoms with Crippen LogP contribution in [0, 0.1) is 0 Å². The Balaban J connectivity index is 1.54. The first-order valence-electron chi connectivity index (χ1n) is 13.2. The molecule has 1 aliphatic carbocycles. The van der Waals surface area contributed by atoms with E-state index < -0.39 is 16.1 Å². The van der Waals surface area contributed by atoms with E-state index in [4.69, 9.17) is 11.6 Å². The summed E-state index contributed by atoms with van der Waals surface area (Å²) in [7, 11) is -3.97. The maximum Gasteiger partial charge on any atom is 0.244 e. The van der Waals surface area contributed by atoms with Crippen LogP contribution in [0.5, 0.6) is 0 Å². The predicted molar refractivity (Wildman–Crippen MR) is 145 cm³/mol. The first-order valence-corrected chi connectivity index (χ1v) is 15.0. The minimum Gasteiger partial charge on any atom is -0.355 e. The first kappa shape index (κ1) is 27.6. The molecule has 1 unspecified atom stereocenters. The number of rotatable bonds is 8. The number of nitrogens with one attached hydrogen (secondary N) is 2. The Morgan fingerprint density at radius 1 is 1.00 bits per heavy atom. The molecule has 200 valence electrons. The van der Waals surface area contributed by atoms with Crippen LogP contribution in [0.15, 0.2) is 53.4 Å². The fourth-order valence-electron chi connectivity index (χ4n) is 5.12. The summed E-state index contributed by atoms with van der Waals surface area (Å²) >= 11 is 5.98. The van der Waals surface area contributed by atoms with Crippen molar-refractivity contribution >= 4 is 33.4 Å². The summed E-state index contributed by atoms with van der Waals surface area (Å²) in [4.78, 5) is 25.8. The molecule has 2 aromatic rings. The number of carbonyl (C=O) groups excluding carboxylic acids is 2. The van der Waals surface area contributed by atoms with Gasteiger partial charge in [0.05, 0.1) is 10.8 Å². The molecular formula is C28H36ClN3O4S. The Hall–Kier alpha value is -2.42. The van der Waals surface area contributed by atoms with Crippen molar-refractivity contribution in [2.75, 3.05) is 6.54 Å². The quantitative estimate of drug-likeness (QED) is 0.500. The molecule has 1 aliphatic heterocycles. The van der Waals surface area contributed by atoms with Crippen LogP contribution in [0.3, 0.4) is 0 Å². The molecule has 0 bridgehead atoms. The van der Waals surface area contributed by atoms with Gasteiger partial charge in [0.25, 0.3) is 0 Å². The van der Waals surface area contributed by atoms with E-state index in [1.807, 2.05) is 31.2 Å². The number of sulfonamides is 1. The molecule has 4 rings (SSSR count). The lowest BCUT2D eigenvalue weighted by atomic mass is 9.93. The highest BCUT2D eigenvalue weighted by Gasteiger charge is 2.36. The van der Waals surface area contributed by atoms with Crippen molar-refractivity contribution in [3.05, 3.63) is 64.7 Å². The summed E-state index contributed by atoms with van der Waals surface area (Å²) in [5, 5.41) is 6.47. The third-order valence-corrected chi connectivity index (χ3v) is 9.56. The number of benzene rings is 2. The number of amides is 2. The molecule has 37 heavy (non-hydrogen) atoms. The molecule has 0 aromatic heterocycles. The summed E-state index contributed by atoms with van der Waals surface area (Å²) in [6.45, 7) is 2.48. The van der Waals surface area contributed by atoms with Gasteiger partial charge < -0.3 is 10.6 Å². The van der Waals surface area contributed by atoms with E-state index in [1.165, 1.54) is 35.0 Å². The van der Waals surface area contributed by atoms with Crippen LogP contribution >= 0.6 is 11.6 Å². The van der Waals surface area contributed by atoms with Crippen LogP contribution in [-0.2, 0) is 26.2 Å². The lowest BCUT2D eigenvalue weighted by Crippen LogP contribution is -2.48. The molecule has 2 aromatic carbocycles. The number of halogens is 1. The molecule has 2 atom stereocenters. The highest BCUT2D eigenvalue weighted by atomic mass is 35.5. The molecule has 1 heterocycles. The maximum atomic E-state index is 13.7. The fourth-order valence-corrected chi connectivity index (χ4v) is 6.85. The van der Waals surface area contributed by atoms with Crippen molar-refractivity contribution in [3.63, 3.8) is 0 Å². The lowest BCUT2D eigenvalue weighted by molar-refractivity contribution is -0.125. The maximum absolute atomic E-state index is 13.7. The second-order valence-corrected chi connectivity index (χ2v) is 12.4. The van der Waals surface area contributed by atoms with E-state index in [0.29, 0.717) is 18.0 Å². The number of nitrogens with zero attached hydrogens (tertiary/aromatic N) is 1. The fraction of sp³-hybridized carbons (Fsp3) is 0.500. The molecule has 1 saturated heterocycles. The van der Waals surface area contributed by atoms with Crippen LogP contribution < -0.4 is 10.6 Å². The standard InChI is InChI=1S/C28H36ClN3O4S/c1-20(27(33)31-24-7-3-2-4-8-24)22-12-10-21(11-13-22)19-32(26-9-5-6-18-30-28(26)34)37(35,36)25-16-14-23(29)15-17-25/h10-17,20,24,26H,2-9,18-19H2,1H3,(H,30,34)(H,31,33)/t20?,26-/m1/s1. The van der Waals surface area contributed by atoms with Crippen molar-refractivity contribution in [1.29, 1.82) is 0 Å². The summed E-state index contributed by atoms with van der Waals surface area (Å²) in [5.74, 6) is -0.570. The van der Waals surface area contributed by atoms with Gasteiger partial charge in [-0.25, -0.2) is 8.42 Å². The normalized spacial score (nSPS) is 20.2. The van der Waals surface area contributed by atoms with E-state index >= 15 is 0 Å². The molecule has 1 saturated carbocycles. The van der Waals surface area contributed by atoms with Gasteiger partial charge in [0, 0.05) is 24.2 Å². The Kier molecular flexibility index (Phi) is 9.27. The number of hydrogen-bond donors (Lipinski definition) is 2. The molecule has 2 aliphatic rings. The monoisotopic (exact) mass is 545 g/mol. The van der Waals surface area contributed by atoms with Crippen molar-refractivity contribution in [2.24, 2.45) is 0 Å². The second-order valence-electron chi connectivity index (χ2n) is 10.1. The number of carbonyl (C=O) groups is 2. The first-order chi connectivity index (χ1) is 17.8. The zero-order valence-corrected chi connectivity index (χ0v) is 22.9. The van der Waals surface area contributed by atoms with E-state index in [1.54, 1.807) is 0 Å². The summed E-state index contributed by atoms with van der Waals surface area (Å²) in [5.41, 5.74) is 1.62. The highest BCUT2D eigenvalue weighted by molar-refractivity contribution is 7.89. The van der Waals surface area contributed by atoms with Gasteiger partial charge in [0.15, 0.2) is 0 Å². The molecule has 2 amide bonds. The van der Waals surface area contributed by atoms with E-state index in [0.717, 1.165) is 49.7 Å². The zero-order chi connectivity index (χ0) is 26.4. The van der Waals surface area contributed by atoms with Crippen LogP contribution in [-0.4, -0.2) is 43.2 Å². The van der Waals surface area contributed by atoms with Crippen molar-refractivity contribution in [1.82, 2.24) is 14.9 Å². The van der Waals surface area contributed by atoms with E-state index in [2.05, 4.69) is 10.6 Å². The van der Waals surface area contributed by atoms with Crippen LogP contribution in [0.25, 0.3) is 0 Å². The van der Waals surface area contributed by atoms with E-state index in [9.17, 15) is 18.0 Å². The third-order valence-electron chi connectivity index (χ3n) is 7.44. The second kappa shape index (κ2) is 12.4. The SMILES string of the molecule is CC(C(=O)NC1CCCCC1)c1ccc(CN([C@@H]2CCCCNC2=O)S(=O)(=O)c2ccc(Cl)cc2)cc1. The van der Waals surface area contributed by atoms with Gasteiger partial charge in [-0.1, -0.05) is 55.1 Å². The average molecular weight is 546 g/mol. The molecule has 9 heteroatoms. The highest BCUT2D eigenvalue weighted by Crippen LogP contribution is 2.27. The summed E-state index contributed by atoms with van der Waals surface area (Å²) in [6, 6.07) is 12.9. The van der Waals surface area contributed by atoms with Crippen LogP contribution in [0.1, 0.15) is 75.3 Å². The minimum absolute atomic E-state index is 0.0155. The van der Waals surface area contributed by atoms with Crippen molar-refractivity contribution in [3.8, 4) is 0 Å². The molecule has 7 nitrogen and oxygen atoms in total. The minimum atomic E-state index is -3.97. The van der Waals surface area contributed by atoms with Gasteiger partial charge >= 0.3 is 0 Å². The zero-order valence-electron chi connectivity index (χ0n) is 21.3. The van der Waals surface area contributed by atoms with Gasteiger partial charge in [0.2, 0.25) is 21.8 Å². The summed E-state index contributed by atoms with van der Waals surface area (Å²) in [6.07, 6.45) is 7.63. The Labute approximate surface area is 225 Å². The predicted octanol–water partition coefficient (Wildman–Crippen LogP) is 4.75. The van der Waals surface area contributed by atoms with Gasteiger partial charge in [-0.05, 0) is 74.4 Å². The lowest BCUT2D eigenvalue weighted by Gasteiger charge is -2.29. The van der Waals surface area contributed by atoms with Gasteiger partial charge in [-0.3, -0.25) is 9.59 Å². The van der Waals surface area contributed by atoms with Crippen molar-refractivity contribution < 1.29 is 18.0 Å². The molecule has 0 spiro atoms. The van der Waals surface area contributed by atoms with Crippen LogP contribution in [0.4, 0.5) is 0 Å². The molecule has 2 N–H and O–H groups in total. The molecular weight excluding hydrogens is 510 g/mol. The topological polar surface area (TPSA) is 95.6 Å². The molecule has 2 fully saturated rings. The summed E-state index contributed by atoms with van der Waals surface area (Å²) < 4.78 is 28.7. The van der Waals surface area contributed by atoms with Gasteiger partial charge in [-0.2, -0.15) is 4.31 Å². The average Bonchev–Trinajstić information content (AvgIpc) is 3.12. The molecule has 0 radical (unpaired) electrons. The third kappa shape index (κ3) is 6.92. The Morgan fingerprint density at radius 2 is 1.65 bits per heavy atom. The van der Waals surface area contributed by atoms with Crippen LogP contribution in [0.2, 0.25) is 5.02 Å². The largest absolute Gasteiger partial charge is 0.355 e. The van der Waals surface area contributed by atoms with Crippen molar-refractivity contribution in [2.45, 2.75) is 87.7 Å². The Morgan fingerprint density at radius 3 is 2.32 bits per heavy atom. The number of hydrogen-bond acceptors (Lipinski definition) is 4. The van der Waals surface area contributed by atoms with Gasteiger partial charge in [0.1, 0.15) is 6.04 Å². The van der Waals surface area contributed by atoms with Gasteiger partial charge in [-0.15, -0.1) is 0 Å². The van der Waals surface area contributed by atoms with E-state index in [-0.39, 0.29) is 35.2 Å². The Bertz CT molecular complexity index is 1180.